The Morgan fingerprint density at radius 2 is 1.96 bits per heavy atom. The van der Waals surface area contributed by atoms with Gasteiger partial charge in [-0.1, -0.05) is 23.4 Å². The Labute approximate surface area is 154 Å². The highest BCUT2D eigenvalue weighted by molar-refractivity contribution is 7.99. The highest BCUT2D eigenvalue weighted by Crippen LogP contribution is 2.36. The number of nitrogens with two attached hydrogens (primary N) is 3. The van der Waals surface area contributed by atoms with E-state index < -0.39 is 5.54 Å². The summed E-state index contributed by atoms with van der Waals surface area (Å²) in [4.78, 5) is 15.6. The van der Waals surface area contributed by atoms with Crippen LogP contribution in [0.1, 0.15) is 12.8 Å². The topological polar surface area (TPSA) is 140 Å². The average Bonchev–Trinajstić information content (AvgIpc) is 2.61. The molecule has 0 unspecified atom stereocenters. The van der Waals surface area contributed by atoms with E-state index in [4.69, 9.17) is 28.8 Å². The monoisotopic (exact) mass is 381 g/mol. The molecule has 1 saturated heterocycles. The van der Waals surface area contributed by atoms with E-state index in [1.165, 1.54) is 11.8 Å². The molecule has 0 aliphatic carbocycles. The van der Waals surface area contributed by atoms with Gasteiger partial charge in [0.2, 0.25) is 0 Å². The van der Waals surface area contributed by atoms with E-state index >= 15 is 0 Å². The second-order valence-electron chi connectivity index (χ2n) is 6.04. The van der Waals surface area contributed by atoms with Gasteiger partial charge < -0.3 is 27.2 Å². The van der Waals surface area contributed by atoms with Crippen LogP contribution in [0.4, 0.5) is 17.5 Å². The summed E-state index contributed by atoms with van der Waals surface area (Å²) >= 11 is 7.44. The van der Waals surface area contributed by atoms with Gasteiger partial charge in [0.1, 0.15) is 16.7 Å². The van der Waals surface area contributed by atoms with Crippen molar-refractivity contribution in [1.29, 1.82) is 0 Å². The average molecular weight is 382 g/mol. The molecule has 3 rings (SSSR count). The largest absolute Gasteiger partial charge is 0.394 e. The lowest BCUT2D eigenvalue weighted by molar-refractivity contribution is 0.170. The van der Waals surface area contributed by atoms with E-state index in [-0.39, 0.29) is 12.4 Å². The van der Waals surface area contributed by atoms with Crippen molar-refractivity contribution in [3.8, 4) is 0 Å². The smallest absolute Gasteiger partial charge is 0.158 e. The Morgan fingerprint density at radius 3 is 2.60 bits per heavy atom. The van der Waals surface area contributed by atoms with Crippen LogP contribution in [-0.2, 0) is 0 Å². The fourth-order valence-corrected chi connectivity index (χ4v) is 3.59. The van der Waals surface area contributed by atoms with Crippen LogP contribution in [0.3, 0.4) is 0 Å². The third-order valence-corrected chi connectivity index (χ3v) is 5.81. The third kappa shape index (κ3) is 3.90. The van der Waals surface area contributed by atoms with Gasteiger partial charge in [-0.2, -0.15) is 0 Å². The highest BCUT2D eigenvalue weighted by Gasteiger charge is 2.30. The van der Waals surface area contributed by atoms with E-state index in [1.807, 2.05) is 0 Å². The maximum absolute atomic E-state index is 9.35. The van der Waals surface area contributed by atoms with Crippen molar-refractivity contribution >= 4 is 40.8 Å². The van der Waals surface area contributed by atoms with E-state index in [1.54, 1.807) is 18.5 Å². The van der Waals surface area contributed by atoms with Gasteiger partial charge in [0.15, 0.2) is 5.82 Å². The number of hydrogen-bond donors (Lipinski definition) is 4. The molecular weight excluding hydrogens is 362 g/mol. The van der Waals surface area contributed by atoms with Gasteiger partial charge in [-0.3, -0.25) is 0 Å². The molecule has 0 saturated carbocycles. The van der Waals surface area contributed by atoms with E-state index in [2.05, 4.69) is 19.9 Å². The van der Waals surface area contributed by atoms with E-state index in [9.17, 15) is 5.11 Å². The summed E-state index contributed by atoms with van der Waals surface area (Å²) in [5.74, 6) is 1.28. The van der Waals surface area contributed by atoms with Gasteiger partial charge >= 0.3 is 0 Å². The minimum Gasteiger partial charge on any atom is -0.394 e. The van der Waals surface area contributed by atoms with Crippen molar-refractivity contribution in [2.45, 2.75) is 28.3 Å². The summed E-state index contributed by atoms with van der Waals surface area (Å²) in [7, 11) is 0. The van der Waals surface area contributed by atoms with Crippen LogP contribution in [0.15, 0.2) is 28.4 Å². The van der Waals surface area contributed by atoms with E-state index in [0.29, 0.717) is 47.6 Å². The molecule has 0 amide bonds. The molecule has 7 N–H and O–H groups in total. The molecule has 1 aliphatic rings. The van der Waals surface area contributed by atoms with Crippen LogP contribution in [-0.4, -0.2) is 45.3 Å². The summed E-state index contributed by atoms with van der Waals surface area (Å²) in [6, 6.07) is 1.75. The molecule has 25 heavy (non-hydrogen) atoms. The van der Waals surface area contributed by atoms with Gasteiger partial charge in [-0.15, -0.1) is 0 Å². The maximum atomic E-state index is 9.35. The zero-order chi connectivity index (χ0) is 18.0. The number of aromatic nitrogens is 3. The molecule has 0 atom stereocenters. The number of piperidine rings is 1. The second kappa shape index (κ2) is 7.20. The molecule has 1 aliphatic heterocycles. The lowest BCUT2D eigenvalue weighted by atomic mass is 9.90. The van der Waals surface area contributed by atoms with Crippen LogP contribution >= 0.6 is 23.4 Å². The quantitative estimate of drug-likeness (QED) is 0.613. The fraction of sp³-hybridized carbons (Fsp3) is 0.400. The normalized spacial score (nSPS) is 16.8. The Hall–Kier alpha value is -1.81. The van der Waals surface area contributed by atoms with Gasteiger partial charge in [-0.05, 0) is 18.9 Å². The van der Waals surface area contributed by atoms with Crippen molar-refractivity contribution < 1.29 is 5.11 Å². The molecule has 0 bridgehead atoms. The van der Waals surface area contributed by atoms with Crippen molar-refractivity contribution in [3.05, 3.63) is 23.5 Å². The third-order valence-electron chi connectivity index (χ3n) is 4.24. The van der Waals surface area contributed by atoms with Gasteiger partial charge in [0.25, 0.3) is 0 Å². The molecule has 0 radical (unpaired) electrons. The Morgan fingerprint density at radius 1 is 1.24 bits per heavy atom. The molecule has 2 aromatic rings. The van der Waals surface area contributed by atoms with Crippen molar-refractivity contribution in [3.63, 3.8) is 0 Å². The second-order valence-corrected chi connectivity index (χ2v) is 7.45. The molecule has 134 valence electrons. The van der Waals surface area contributed by atoms with Crippen LogP contribution in [0.5, 0.6) is 0 Å². The molecule has 1 fully saturated rings. The number of aliphatic hydroxyl groups is 1. The highest BCUT2D eigenvalue weighted by atomic mass is 35.5. The van der Waals surface area contributed by atoms with Crippen LogP contribution in [0, 0.1) is 0 Å². The number of rotatable bonds is 4. The molecular formula is C15H20ClN7OS. The van der Waals surface area contributed by atoms with Gasteiger partial charge in [0.05, 0.1) is 17.8 Å². The molecule has 2 aromatic heterocycles. The van der Waals surface area contributed by atoms with Crippen LogP contribution < -0.4 is 22.1 Å². The molecule has 0 aromatic carbocycles. The number of nitrogen functional groups attached to an aromatic ring is 2. The first-order chi connectivity index (χ1) is 11.9. The standard InChI is InChI=1S/C15H20ClN7OS/c16-11-9(1-4-20-12(11)17)25-14-13(18)22-10(7-21-14)23-5-2-15(19,8-24)3-6-23/h1,4,7,24H,2-3,5-6,8,19H2,(H2,17,20)(H2,18,22). The van der Waals surface area contributed by atoms with Crippen LogP contribution in [0.2, 0.25) is 5.02 Å². The minimum absolute atomic E-state index is 0.0138. The maximum Gasteiger partial charge on any atom is 0.158 e. The van der Waals surface area contributed by atoms with Crippen molar-refractivity contribution in [2.75, 3.05) is 36.1 Å². The first-order valence-corrected chi connectivity index (χ1v) is 8.96. The predicted octanol–water partition coefficient (Wildman–Crippen LogP) is 1.13. The fourth-order valence-electron chi connectivity index (χ4n) is 2.58. The number of anilines is 3. The SMILES string of the molecule is Nc1nc(N2CCC(N)(CO)CC2)cnc1Sc1ccnc(N)c1Cl. The first kappa shape index (κ1) is 18.0. The van der Waals surface area contributed by atoms with Crippen LogP contribution in [0.25, 0.3) is 0 Å². The zero-order valence-electron chi connectivity index (χ0n) is 13.5. The van der Waals surface area contributed by atoms with Crippen molar-refractivity contribution in [1.82, 2.24) is 15.0 Å². The summed E-state index contributed by atoms with van der Waals surface area (Å²) in [5, 5.41) is 10.3. The summed E-state index contributed by atoms with van der Waals surface area (Å²) in [6.07, 6.45) is 4.63. The van der Waals surface area contributed by atoms with Gasteiger partial charge in [0, 0.05) is 29.7 Å². The number of nitrogens with zero attached hydrogens (tertiary/aromatic N) is 4. The first-order valence-electron chi connectivity index (χ1n) is 7.77. The minimum atomic E-state index is -0.511. The van der Waals surface area contributed by atoms with Gasteiger partial charge in [-0.25, -0.2) is 15.0 Å². The van der Waals surface area contributed by atoms with Crippen molar-refractivity contribution in [2.24, 2.45) is 5.73 Å². The number of halogens is 1. The zero-order valence-corrected chi connectivity index (χ0v) is 15.1. The Kier molecular flexibility index (Phi) is 5.19. The molecule has 3 heterocycles. The Balaban J connectivity index is 1.74. The lowest BCUT2D eigenvalue weighted by Crippen LogP contribution is -2.53. The predicted molar refractivity (Wildman–Crippen MR) is 99.7 cm³/mol. The molecule has 0 spiro atoms. The molecule has 8 nitrogen and oxygen atoms in total. The summed E-state index contributed by atoms with van der Waals surface area (Å²) in [6.45, 7) is 1.38. The van der Waals surface area contributed by atoms with E-state index in [0.717, 1.165) is 4.90 Å². The number of pyridine rings is 1. The summed E-state index contributed by atoms with van der Waals surface area (Å²) < 4.78 is 0. The molecule has 10 heteroatoms. The summed E-state index contributed by atoms with van der Waals surface area (Å²) in [5.41, 5.74) is 17.4. The lowest BCUT2D eigenvalue weighted by Gasteiger charge is -2.38. The number of aliphatic hydroxyl groups excluding tert-OH is 1. The Bertz CT molecular complexity index is 768. The number of hydrogen-bond acceptors (Lipinski definition) is 9.